The maximum Gasteiger partial charge on any atom is 0.411 e. The zero-order valence-corrected chi connectivity index (χ0v) is 21.8. The lowest BCUT2D eigenvalue weighted by Crippen LogP contribution is -2.59. The third-order valence-corrected chi connectivity index (χ3v) is 7.22. The van der Waals surface area contributed by atoms with Crippen molar-refractivity contribution < 1.29 is 24.2 Å². The van der Waals surface area contributed by atoms with Crippen LogP contribution >= 0.6 is 11.6 Å². The Hall–Kier alpha value is -3.14. The van der Waals surface area contributed by atoms with Crippen LogP contribution in [0.15, 0.2) is 48.5 Å². The topological polar surface area (TPSA) is 125 Å². The summed E-state index contributed by atoms with van der Waals surface area (Å²) in [6.07, 6.45) is 0.715. The lowest BCUT2D eigenvalue weighted by molar-refractivity contribution is -0.145. The first-order chi connectivity index (χ1) is 17.8. The highest BCUT2D eigenvalue weighted by molar-refractivity contribution is 6.31. The average molecular weight is 531 g/mol. The summed E-state index contributed by atoms with van der Waals surface area (Å²) in [5, 5.41) is 13.3. The number of piperidine rings is 1. The van der Waals surface area contributed by atoms with E-state index >= 15 is 0 Å². The first-order valence-corrected chi connectivity index (χ1v) is 12.8. The highest BCUT2D eigenvalue weighted by Crippen LogP contribution is 2.32. The number of nitrogens with one attached hydrogen (secondary N) is 1. The van der Waals surface area contributed by atoms with Crippen molar-refractivity contribution in [3.05, 3.63) is 64.7 Å². The molecule has 1 aliphatic rings. The first kappa shape index (κ1) is 28.4. The van der Waals surface area contributed by atoms with Gasteiger partial charge in [-0.25, -0.2) is 4.79 Å². The van der Waals surface area contributed by atoms with Crippen LogP contribution in [-0.4, -0.2) is 71.2 Å². The summed E-state index contributed by atoms with van der Waals surface area (Å²) in [6.45, 7) is 2.98. The summed E-state index contributed by atoms with van der Waals surface area (Å²) in [5.41, 5.74) is 7.13. The molecule has 9 nitrogen and oxygen atoms in total. The van der Waals surface area contributed by atoms with Crippen molar-refractivity contribution in [2.75, 3.05) is 31.6 Å². The molecule has 3 amide bonds. The number of aliphatic hydroxyl groups excluding tert-OH is 1. The molecule has 1 saturated heterocycles. The van der Waals surface area contributed by atoms with E-state index < -0.39 is 23.6 Å². The zero-order valence-electron chi connectivity index (χ0n) is 21.1. The second kappa shape index (κ2) is 13.4. The summed E-state index contributed by atoms with van der Waals surface area (Å²) < 4.78 is 5.62. The first-order valence-electron chi connectivity index (χ1n) is 12.5. The molecule has 1 atom stereocenters. The quantitative estimate of drug-likeness (QED) is 0.383. The number of hydrogen-bond donors (Lipinski definition) is 3. The Bertz CT molecular complexity index is 1060. The SMILES string of the molecule is CCc1ccc(NC(=O)OCC2(N(C=O)Cc3ccccc3Cl)CCN(C(=O)C(O)CCN)CC2)cc1. The number of carbonyl (C=O) groups is 3. The van der Waals surface area contributed by atoms with Crippen LogP contribution in [-0.2, 0) is 27.3 Å². The fraction of sp³-hybridized carbons (Fsp3) is 0.444. The Balaban J connectivity index is 1.74. The van der Waals surface area contributed by atoms with Crippen molar-refractivity contribution >= 4 is 35.7 Å². The predicted octanol–water partition coefficient (Wildman–Crippen LogP) is 3.18. The molecule has 1 heterocycles. The van der Waals surface area contributed by atoms with Crippen molar-refractivity contribution in [1.82, 2.24) is 9.80 Å². The van der Waals surface area contributed by atoms with Gasteiger partial charge in [0.1, 0.15) is 12.7 Å². The van der Waals surface area contributed by atoms with Crippen molar-refractivity contribution in [2.24, 2.45) is 5.73 Å². The van der Waals surface area contributed by atoms with Crippen LogP contribution < -0.4 is 11.1 Å². The van der Waals surface area contributed by atoms with Gasteiger partial charge in [-0.3, -0.25) is 14.9 Å². The minimum atomic E-state index is -1.16. The van der Waals surface area contributed by atoms with Gasteiger partial charge < -0.3 is 25.4 Å². The fourth-order valence-corrected chi connectivity index (χ4v) is 4.65. The molecule has 4 N–H and O–H groups in total. The van der Waals surface area contributed by atoms with Crippen LogP contribution in [0.2, 0.25) is 5.02 Å². The van der Waals surface area contributed by atoms with E-state index in [0.29, 0.717) is 23.6 Å². The van der Waals surface area contributed by atoms with Crippen molar-refractivity contribution in [3.63, 3.8) is 0 Å². The van der Waals surface area contributed by atoms with Gasteiger partial charge in [0, 0.05) is 30.3 Å². The Morgan fingerprint density at radius 2 is 1.89 bits per heavy atom. The second-order valence-corrected chi connectivity index (χ2v) is 9.63. The molecule has 37 heavy (non-hydrogen) atoms. The van der Waals surface area contributed by atoms with Crippen LogP contribution in [0.1, 0.15) is 37.3 Å². The summed E-state index contributed by atoms with van der Waals surface area (Å²) in [7, 11) is 0. The molecule has 2 aromatic rings. The van der Waals surface area contributed by atoms with Gasteiger partial charge in [0.15, 0.2) is 0 Å². The van der Waals surface area contributed by atoms with Gasteiger partial charge in [0.2, 0.25) is 6.41 Å². The molecule has 0 spiro atoms. The molecule has 0 aromatic heterocycles. The number of aliphatic hydroxyl groups is 1. The van der Waals surface area contributed by atoms with E-state index in [-0.39, 0.29) is 39.2 Å². The Kier molecular flexibility index (Phi) is 10.3. The normalized spacial score (nSPS) is 15.5. The standard InChI is InChI=1S/C27H35ClN4O5/c1-2-20-7-9-22(10-8-20)30-26(36)37-18-27(32(19-33)17-21-5-3-4-6-23(21)28)12-15-31(16-13-27)25(35)24(34)11-14-29/h3-10,19,24,34H,2,11-18,29H2,1H3,(H,30,36). The molecule has 3 rings (SSSR count). The minimum Gasteiger partial charge on any atom is -0.447 e. The van der Waals surface area contributed by atoms with Gasteiger partial charge in [-0.15, -0.1) is 0 Å². The molecule has 2 aromatic carbocycles. The third kappa shape index (κ3) is 7.44. The van der Waals surface area contributed by atoms with Crippen LogP contribution in [0.25, 0.3) is 0 Å². The van der Waals surface area contributed by atoms with Crippen LogP contribution in [0.3, 0.4) is 0 Å². The molecule has 1 unspecified atom stereocenters. The Labute approximate surface area is 222 Å². The number of aryl methyl sites for hydroxylation is 1. The van der Waals surface area contributed by atoms with Gasteiger partial charge in [-0.2, -0.15) is 0 Å². The monoisotopic (exact) mass is 530 g/mol. The molecule has 0 radical (unpaired) electrons. The van der Waals surface area contributed by atoms with E-state index in [1.54, 1.807) is 15.9 Å². The number of likely N-dealkylation sites (tertiary alicyclic amines) is 1. The number of hydrogen-bond acceptors (Lipinski definition) is 6. The van der Waals surface area contributed by atoms with E-state index in [4.69, 9.17) is 22.1 Å². The predicted molar refractivity (Wildman–Crippen MR) is 142 cm³/mol. The summed E-state index contributed by atoms with van der Waals surface area (Å²) in [6, 6.07) is 14.7. The van der Waals surface area contributed by atoms with Gasteiger partial charge in [-0.05, 0) is 61.6 Å². The van der Waals surface area contributed by atoms with Gasteiger partial charge in [-0.1, -0.05) is 48.9 Å². The van der Waals surface area contributed by atoms with Crippen molar-refractivity contribution in [3.8, 4) is 0 Å². The average Bonchev–Trinajstić information content (AvgIpc) is 2.92. The number of amides is 3. The molecule has 1 aliphatic heterocycles. The van der Waals surface area contributed by atoms with E-state index in [1.807, 2.05) is 42.5 Å². The summed E-state index contributed by atoms with van der Waals surface area (Å²) >= 11 is 6.35. The zero-order chi connectivity index (χ0) is 26.8. The highest BCUT2D eigenvalue weighted by atomic mass is 35.5. The molecular weight excluding hydrogens is 496 g/mol. The lowest BCUT2D eigenvalue weighted by atomic mass is 9.86. The van der Waals surface area contributed by atoms with Crippen molar-refractivity contribution in [1.29, 1.82) is 0 Å². The molecule has 10 heteroatoms. The number of nitrogens with zero attached hydrogens (tertiary/aromatic N) is 2. The lowest BCUT2D eigenvalue weighted by Gasteiger charge is -2.47. The number of carbonyl (C=O) groups excluding carboxylic acids is 3. The van der Waals surface area contributed by atoms with Gasteiger partial charge >= 0.3 is 6.09 Å². The molecule has 1 fully saturated rings. The van der Waals surface area contributed by atoms with Crippen molar-refractivity contribution in [2.45, 2.75) is 50.8 Å². The van der Waals surface area contributed by atoms with E-state index in [1.165, 1.54) is 0 Å². The van der Waals surface area contributed by atoms with E-state index in [2.05, 4.69) is 12.2 Å². The van der Waals surface area contributed by atoms with Crippen LogP contribution in [0.4, 0.5) is 10.5 Å². The van der Waals surface area contributed by atoms with E-state index in [9.17, 15) is 19.5 Å². The molecule has 0 saturated carbocycles. The maximum atomic E-state index is 12.6. The largest absolute Gasteiger partial charge is 0.447 e. The molecule has 0 aliphatic carbocycles. The van der Waals surface area contributed by atoms with Gasteiger partial charge in [0.05, 0.1) is 5.54 Å². The van der Waals surface area contributed by atoms with Gasteiger partial charge in [0.25, 0.3) is 5.91 Å². The number of rotatable bonds is 11. The number of anilines is 1. The number of nitrogens with two attached hydrogens (primary N) is 1. The number of halogens is 1. The summed E-state index contributed by atoms with van der Waals surface area (Å²) in [4.78, 5) is 40.7. The molecule has 200 valence electrons. The molecule has 0 bridgehead atoms. The minimum absolute atomic E-state index is 0.0670. The maximum absolute atomic E-state index is 12.6. The number of ether oxygens (including phenoxy) is 1. The number of benzene rings is 2. The smallest absolute Gasteiger partial charge is 0.411 e. The third-order valence-electron chi connectivity index (χ3n) is 6.85. The fourth-order valence-electron chi connectivity index (χ4n) is 4.45. The Morgan fingerprint density at radius 3 is 2.49 bits per heavy atom. The van der Waals surface area contributed by atoms with E-state index in [0.717, 1.165) is 24.0 Å². The van der Waals surface area contributed by atoms with Crippen LogP contribution in [0.5, 0.6) is 0 Å². The summed E-state index contributed by atoms with van der Waals surface area (Å²) in [5.74, 6) is -0.392. The highest BCUT2D eigenvalue weighted by Gasteiger charge is 2.42. The second-order valence-electron chi connectivity index (χ2n) is 9.22. The van der Waals surface area contributed by atoms with Crippen LogP contribution in [0, 0.1) is 0 Å². The Morgan fingerprint density at radius 1 is 1.22 bits per heavy atom. The molecular formula is C27H35ClN4O5.